The first-order valence-corrected chi connectivity index (χ1v) is 7.29. The van der Waals surface area contributed by atoms with Crippen molar-refractivity contribution in [3.63, 3.8) is 0 Å². The predicted molar refractivity (Wildman–Crippen MR) is 66.7 cm³/mol. The number of hydrogen-bond acceptors (Lipinski definition) is 2. The minimum Gasteiger partial charge on any atom is -0.365 e. The Morgan fingerprint density at radius 1 is 1.50 bits per heavy atom. The van der Waals surface area contributed by atoms with E-state index in [-0.39, 0.29) is 5.91 Å². The average Bonchev–Trinajstić information content (AvgIpc) is 2.87. The number of carbonyl (C=O) groups is 1. The molecule has 0 radical (unpaired) electrons. The molecule has 4 heteroatoms. The molecule has 3 atom stereocenters. The van der Waals surface area contributed by atoms with Crippen LogP contribution >= 0.6 is 15.9 Å². The summed E-state index contributed by atoms with van der Waals surface area (Å²) in [4.78, 5) is 12.1. The van der Waals surface area contributed by atoms with Crippen LogP contribution in [-0.4, -0.2) is 29.5 Å². The maximum atomic E-state index is 12.1. The van der Waals surface area contributed by atoms with Gasteiger partial charge in [0.2, 0.25) is 0 Å². The van der Waals surface area contributed by atoms with Crippen molar-refractivity contribution >= 4 is 21.8 Å². The van der Waals surface area contributed by atoms with Gasteiger partial charge in [-0.15, -0.1) is 0 Å². The van der Waals surface area contributed by atoms with Gasteiger partial charge in [0.15, 0.2) is 0 Å². The van der Waals surface area contributed by atoms with E-state index in [0.717, 1.165) is 31.2 Å². The summed E-state index contributed by atoms with van der Waals surface area (Å²) in [6.07, 6.45) is 5.39. The van der Waals surface area contributed by atoms with Crippen LogP contribution < -0.4 is 5.32 Å². The largest absolute Gasteiger partial charge is 0.365 e. The molecule has 3 unspecified atom stereocenters. The zero-order valence-corrected chi connectivity index (χ0v) is 11.4. The molecule has 1 aliphatic heterocycles. The predicted octanol–water partition coefficient (Wildman–Crippen LogP) is 2.24. The van der Waals surface area contributed by atoms with Crippen molar-refractivity contribution in [3.8, 4) is 0 Å². The number of rotatable bonds is 3. The highest BCUT2D eigenvalue weighted by Crippen LogP contribution is 2.30. The van der Waals surface area contributed by atoms with E-state index in [2.05, 4.69) is 21.2 Å². The Balaban J connectivity index is 1.91. The van der Waals surface area contributed by atoms with Crippen molar-refractivity contribution < 1.29 is 9.53 Å². The van der Waals surface area contributed by atoms with Crippen LogP contribution in [0.4, 0.5) is 0 Å². The molecule has 1 heterocycles. The van der Waals surface area contributed by atoms with E-state index in [1.54, 1.807) is 0 Å². The third-order valence-corrected chi connectivity index (χ3v) is 4.70. The first kappa shape index (κ1) is 12.4. The lowest BCUT2D eigenvalue weighted by Gasteiger charge is -2.26. The summed E-state index contributed by atoms with van der Waals surface area (Å²) >= 11 is 3.52. The molecule has 1 amide bonds. The zero-order valence-electron chi connectivity index (χ0n) is 9.80. The Morgan fingerprint density at radius 3 is 2.94 bits per heavy atom. The SMILES string of the molecule is CC1(C(=O)NC2CCCC2CBr)CCCO1. The molecule has 1 saturated heterocycles. The minimum atomic E-state index is -0.570. The lowest BCUT2D eigenvalue weighted by molar-refractivity contribution is -0.140. The molecule has 1 saturated carbocycles. The molecule has 0 spiro atoms. The Labute approximate surface area is 105 Å². The first-order chi connectivity index (χ1) is 7.65. The van der Waals surface area contributed by atoms with E-state index in [0.29, 0.717) is 12.0 Å². The molecule has 2 aliphatic rings. The highest BCUT2D eigenvalue weighted by atomic mass is 79.9. The topological polar surface area (TPSA) is 38.3 Å². The van der Waals surface area contributed by atoms with Gasteiger partial charge in [-0.25, -0.2) is 0 Å². The smallest absolute Gasteiger partial charge is 0.252 e. The third kappa shape index (κ3) is 2.43. The Hall–Kier alpha value is -0.0900. The summed E-state index contributed by atoms with van der Waals surface area (Å²) in [7, 11) is 0. The Kier molecular flexibility index (Phi) is 3.90. The first-order valence-electron chi connectivity index (χ1n) is 6.16. The van der Waals surface area contributed by atoms with E-state index in [9.17, 15) is 4.79 Å². The van der Waals surface area contributed by atoms with Crippen LogP contribution in [0.1, 0.15) is 39.0 Å². The molecule has 2 rings (SSSR count). The van der Waals surface area contributed by atoms with Crippen LogP contribution in [0.2, 0.25) is 0 Å². The summed E-state index contributed by atoms with van der Waals surface area (Å²) in [5.74, 6) is 0.678. The molecule has 0 aromatic rings. The van der Waals surface area contributed by atoms with Crippen molar-refractivity contribution in [1.29, 1.82) is 0 Å². The molecule has 1 N–H and O–H groups in total. The summed E-state index contributed by atoms with van der Waals surface area (Å²) in [5, 5.41) is 4.15. The van der Waals surface area contributed by atoms with Gasteiger partial charge in [0.25, 0.3) is 5.91 Å². The van der Waals surface area contributed by atoms with Crippen molar-refractivity contribution in [2.75, 3.05) is 11.9 Å². The van der Waals surface area contributed by atoms with Crippen molar-refractivity contribution in [1.82, 2.24) is 5.32 Å². The molecule has 16 heavy (non-hydrogen) atoms. The van der Waals surface area contributed by atoms with Gasteiger partial charge in [-0.3, -0.25) is 4.79 Å². The average molecular weight is 290 g/mol. The summed E-state index contributed by atoms with van der Waals surface area (Å²) in [6.45, 7) is 2.63. The molecule has 92 valence electrons. The molecule has 1 aliphatic carbocycles. The van der Waals surface area contributed by atoms with Crippen LogP contribution in [0.15, 0.2) is 0 Å². The van der Waals surface area contributed by atoms with Gasteiger partial charge < -0.3 is 10.1 Å². The second-order valence-electron chi connectivity index (χ2n) is 5.11. The van der Waals surface area contributed by atoms with Crippen molar-refractivity contribution in [3.05, 3.63) is 0 Å². The van der Waals surface area contributed by atoms with Gasteiger partial charge in [0, 0.05) is 18.0 Å². The van der Waals surface area contributed by atoms with Crippen molar-refractivity contribution in [2.45, 2.75) is 50.7 Å². The van der Waals surface area contributed by atoms with Gasteiger partial charge in [0.1, 0.15) is 5.60 Å². The van der Waals surface area contributed by atoms with E-state index in [4.69, 9.17) is 4.74 Å². The maximum absolute atomic E-state index is 12.1. The minimum absolute atomic E-state index is 0.0860. The normalized spacial score (nSPS) is 38.9. The number of carbonyl (C=O) groups excluding carboxylic acids is 1. The van der Waals surface area contributed by atoms with Crippen LogP contribution in [0.5, 0.6) is 0 Å². The fraction of sp³-hybridized carbons (Fsp3) is 0.917. The van der Waals surface area contributed by atoms with Gasteiger partial charge in [-0.05, 0) is 38.5 Å². The number of halogens is 1. The van der Waals surface area contributed by atoms with E-state index in [1.165, 1.54) is 12.8 Å². The highest BCUT2D eigenvalue weighted by molar-refractivity contribution is 9.09. The Morgan fingerprint density at radius 2 is 2.31 bits per heavy atom. The van der Waals surface area contributed by atoms with Gasteiger partial charge in [-0.2, -0.15) is 0 Å². The highest BCUT2D eigenvalue weighted by Gasteiger charge is 2.40. The number of nitrogens with one attached hydrogen (secondary N) is 1. The fourth-order valence-corrected chi connectivity index (χ4v) is 3.47. The number of ether oxygens (including phenoxy) is 1. The quantitative estimate of drug-likeness (QED) is 0.810. The molecular weight excluding hydrogens is 270 g/mol. The third-order valence-electron chi connectivity index (χ3n) is 3.87. The second kappa shape index (κ2) is 5.05. The zero-order chi connectivity index (χ0) is 11.6. The van der Waals surface area contributed by atoms with E-state index >= 15 is 0 Å². The van der Waals surface area contributed by atoms with Gasteiger partial charge in [-0.1, -0.05) is 22.4 Å². The molecule has 3 nitrogen and oxygen atoms in total. The van der Waals surface area contributed by atoms with Crippen molar-refractivity contribution in [2.24, 2.45) is 5.92 Å². The summed E-state index contributed by atoms with van der Waals surface area (Å²) in [5.41, 5.74) is -0.570. The van der Waals surface area contributed by atoms with Crippen LogP contribution in [0, 0.1) is 5.92 Å². The molecule has 0 bridgehead atoms. The molecule has 0 aromatic heterocycles. The number of hydrogen-bond donors (Lipinski definition) is 1. The standard InChI is InChI=1S/C12H20BrNO2/c1-12(6-3-7-16-12)11(15)14-10-5-2-4-9(10)8-13/h9-10H,2-8H2,1H3,(H,14,15). The molecular formula is C12H20BrNO2. The van der Waals surface area contributed by atoms with Gasteiger partial charge in [0.05, 0.1) is 0 Å². The Bertz CT molecular complexity index is 264. The molecule has 2 fully saturated rings. The monoisotopic (exact) mass is 289 g/mol. The summed E-state index contributed by atoms with van der Waals surface area (Å²) in [6, 6.07) is 0.341. The summed E-state index contributed by atoms with van der Waals surface area (Å²) < 4.78 is 5.56. The van der Waals surface area contributed by atoms with Gasteiger partial charge >= 0.3 is 0 Å². The number of alkyl halides is 1. The lowest BCUT2D eigenvalue weighted by atomic mass is 9.99. The van der Waals surface area contributed by atoms with Crippen LogP contribution in [0.3, 0.4) is 0 Å². The maximum Gasteiger partial charge on any atom is 0.252 e. The van der Waals surface area contributed by atoms with E-state index < -0.39 is 5.60 Å². The van der Waals surface area contributed by atoms with Crippen LogP contribution in [0.25, 0.3) is 0 Å². The van der Waals surface area contributed by atoms with Crippen LogP contribution in [-0.2, 0) is 9.53 Å². The van der Waals surface area contributed by atoms with E-state index in [1.807, 2.05) is 6.92 Å². The fourth-order valence-electron chi connectivity index (χ4n) is 2.69. The second-order valence-corrected chi connectivity index (χ2v) is 5.76. The molecule has 0 aromatic carbocycles. The number of amides is 1. The lowest BCUT2D eigenvalue weighted by Crippen LogP contribution is -2.49.